The molecule has 1 fully saturated rings. The standard InChI is InChI=1S/C12H22N2O4/c1-12(11(16)17)5-3-4-9(12)14-10(15)6-8(7-13)18-2/h8-9H,3-7,13H2,1-2H3,(H,14,15)(H,16,17). The number of methoxy groups -OCH3 is 1. The lowest BCUT2D eigenvalue weighted by molar-refractivity contribution is -0.149. The van der Waals surface area contributed by atoms with Crippen molar-refractivity contribution in [3.63, 3.8) is 0 Å². The Balaban J connectivity index is 2.56. The number of carboxylic acid groups (broad SMARTS) is 1. The maximum atomic E-state index is 11.8. The first-order valence-electron chi connectivity index (χ1n) is 6.19. The molecule has 4 N–H and O–H groups in total. The first-order valence-corrected chi connectivity index (χ1v) is 6.19. The number of hydrogen-bond acceptors (Lipinski definition) is 4. The SMILES string of the molecule is COC(CN)CC(=O)NC1CCCC1(C)C(=O)O. The minimum Gasteiger partial charge on any atom is -0.481 e. The molecule has 0 spiro atoms. The van der Waals surface area contributed by atoms with Gasteiger partial charge in [-0.3, -0.25) is 9.59 Å². The van der Waals surface area contributed by atoms with Crippen LogP contribution in [-0.4, -0.2) is 42.8 Å². The Labute approximate surface area is 107 Å². The third kappa shape index (κ3) is 3.20. The Morgan fingerprint density at radius 1 is 1.61 bits per heavy atom. The number of aliphatic carboxylic acids is 1. The van der Waals surface area contributed by atoms with Gasteiger partial charge in [-0.2, -0.15) is 0 Å². The molecule has 0 aliphatic heterocycles. The van der Waals surface area contributed by atoms with Crippen LogP contribution < -0.4 is 11.1 Å². The number of nitrogens with one attached hydrogen (secondary N) is 1. The van der Waals surface area contributed by atoms with Crippen LogP contribution in [0.3, 0.4) is 0 Å². The largest absolute Gasteiger partial charge is 0.481 e. The van der Waals surface area contributed by atoms with Crippen LogP contribution in [0.15, 0.2) is 0 Å². The molecule has 18 heavy (non-hydrogen) atoms. The molecule has 1 amide bonds. The molecule has 1 aliphatic carbocycles. The average molecular weight is 258 g/mol. The van der Waals surface area contributed by atoms with Crippen molar-refractivity contribution in [1.29, 1.82) is 0 Å². The summed E-state index contributed by atoms with van der Waals surface area (Å²) in [6, 6.07) is -0.308. The van der Waals surface area contributed by atoms with Crippen LogP contribution in [0, 0.1) is 5.41 Å². The number of ether oxygens (including phenoxy) is 1. The number of nitrogens with two attached hydrogens (primary N) is 1. The zero-order chi connectivity index (χ0) is 13.8. The molecule has 3 unspecified atom stereocenters. The predicted octanol–water partition coefficient (Wildman–Crippen LogP) is 0.110. The molecule has 6 nitrogen and oxygen atoms in total. The molecular formula is C12H22N2O4. The summed E-state index contributed by atoms with van der Waals surface area (Å²) in [6.07, 6.45) is 1.96. The molecule has 6 heteroatoms. The molecule has 104 valence electrons. The van der Waals surface area contributed by atoms with E-state index < -0.39 is 11.4 Å². The summed E-state index contributed by atoms with van der Waals surface area (Å²) < 4.78 is 5.03. The maximum absolute atomic E-state index is 11.8. The molecule has 1 saturated carbocycles. The third-order valence-electron chi connectivity index (χ3n) is 3.79. The minimum absolute atomic E-state index is 0.166. The van der Waals surface area contributed by atoms with Crippen LogP contribution in [0.2, 0.25) is 0 Å². The Bertz CT molecular complexity index is 317. The highest BCUT2D eigenvalue weighted by Crippen LogP contribution is 2.38. The minimum atomic E-state index is -0.860. The number of hydrogen-bond donors (Lipinski definition) is 3. The van der Waals surface area contributed by atoms with Gasteiger partial charge < -0.3 is 20.9 Å². The molecule has 0 aromatic rings. The molecule has 0 radical (unpaired) electrons. The van der Waals surface area contributed by atoms with Gasteiger partial charge in [0.25, 0.3) is 0 Å². The summed E-state index contributed by atoms with van der Waals surface area (Å²) in [7, 11) is 1.50. The lowest BCUT2D eigenvalue weighted by Gasteiger charge is -2.28. The molecule has 0 heterocycles. The Kier molecular flexibility index (Phi) is 5.10. The second-order valence-corrected chi connectivity index (χ2v) is 5.03. The fourth-order valence-corrected chi connectivity index (χ4v) is 2.38. The van der Waals surface area contributed by atoms with Crippen LogP contribution in [0.4, 0.5) is 0 Å². The highest BCUT2D eigenvalue weighted by molar-refractivity contribution is 5.80. The van der Waals surface area contributed by atoms with E-state index in [1.807, 2.05) is 0 Å². The monoisotopic (exact) mass is 258 g/mol. The van der Waals surface area contributed by atoms with Crippen LogP contribution >= 0.6 is 0 Å². The van der Waals surface area contributed by atoms with Gasteiger partial charge in [-0.25, -0.2) is 0 Å². The summed E-state index contributed by atoms with van der Waals surface area (Å²) in [6.45, 7) is 1.95. The second-order valence-electron chi connectivity index (χ2n) is 5.03. The van der Waals surface area contributed by atoms with E-state index >= 15 is 0 Å². The highest BCUT2D eigenvalue weighted by Gasteiger charge is 2.45. The molecule has 3 atom stereocenters. The van der Waals surface area contributed by atoms with Crippen molar-refractivity contribution in [3.05, 3.63) is 0 Å². The fourth-order valence-electron chi connectivity index (χ4n) is 2.38. The Morgan fingerprint density at radius 3 is 2.78 bits per heavy atom. The van der Waals surface area contributed by atoms with Crippen LogP contribution in [0.1, 0.15) is 32.6 Å². The average Bonchev–Trinajstić information content (AvgIpc) is 2.69. The summed E-state index contributed by atoms with van der Waals surface area (Å²) in [5.41, 5.74) is 4.58. The highest BCUT2D eigenvalue weighted by atomic mass is 16.5. The number of carboxylic acids is 1. The van der Waals surface area contributed by atoms with Gasteiger partial charge in [-0.1, -0.05) is 6.42 Å². The van der Waals surface area contributed by atoms with Crippen molar-refractivity contribution in [2.45, 2.75) is 44.8 Å². The van der Waals surface area contributed by atoms with Crippen molar-refractivity contribution in [2.24, 2.45) is 11.1 Å². The van der Waals surface area contributed by atoms with Crippen molar-refractivity contribution >= 4 is 11.9 Å². The lowest BCUT2D eigenvalue weighted by atomic mass is 9.85. The topological polar surface area (TPSA) is 102 Å². The smallest absolute Gasteiger partial charge is 0.311 e. The zero-order valence-corrected chi connectivity index (χ0v) is 10.9. The molecule has 0 saturated heterocycles. The van der Waals surface area contributed by atoms with Crippen LogP contribution in [0.5, 0.6) is 0 Å². The van der Waals surface area contributed by atoms with Crippen molar-refractivity contribution in [3.8, 4) is 0 Å². The number of amides is 1. The summed E-state index contributed by atoms with van der Waals surface area (Å²) >= 11 is 0. The van der Waals surface area contributed by atoms with E-state index in [9.17, 15) is 14.7 Å². The van der Waals surface area contributed by atoms with Gasteiger partial charge in [0.05, 0.1) is 17.9 Å². The van der Waals surface area contributed by atoms with Crippen molar-refractivity contribution < 1.29 is 19.4 Å². The number of carbonyl (C=O) groups excluding carboxylic acids is 1. The molecule has 1 rings (SSSR count). The third-order valence-corrected chi connectivity index (χ3v) is 3.79. The lowest BCUT2D eigenvalue weighted by Crippen LogP contribution is -2.48. The number of rotatable bonds is 6. The van der Waals surface area contributed by atoms with Gasteiger partial charge in [0, 0.05) is 19.7 Å². The van der Waals surface area contributed by atoms with Gasteiger partial charge in [-0.05, 0) is 19.8 Å². The van der Waals surface area contributed by atoms with E-state index in [0.717, 1.165) is 6.42 Å². The normalized spacial score (nSPS) is 28.9. The second kappa shape index (κ2) is 6.15. The quantitative estimate of drug-likeness (QED) is 0.627. The van der Waals surface area contributed by atoms with E-state index in [2.05, 4.69) is 5.32 Å². The number of carbonyl (C=O) groups is 2. The van der Waals surface area contributed by atoms with Gasteiger partial charge in [-0.15, -0.1) is 0 Å². The molecule has 0 bridgehead atoms. The van der Waals surface area contributed by atoms with Gasteiger partial charge in [0.2, 0.25) is 5.91 Å². The van der Waals surface area contributed by atoms with Gasteiger partial charge in [0.15, 0.2) is 0 Å². The fraction of sp³-hybridized carbons (Fsp3) is 0.833. The molecule has 0 aromatic heterocycles. The summed E-state index contributed by atoms with van der Waals surface area (Å²) in [5, 5.41) is 12.0. The van der Waals surface area contributed by atoms with E-state index in [4.69, 9.17) is 10.5 Å². The molecule has 0 aromatic carbocycles. The van der Waals surface area contributed by atoms with Gasteiger partial charge >= 0.3 is 5.97 Å². The van der Waals surface area contributed by atoms with Crippen LogP contribution in [0.25, 0.3) is 0 Å². The van der Waals surface area contributed by atoms with Crippen LogP contribution in [-0.2, 0) is 14.3 Å². The predicted molar refractivity (Wildman–Crippen MR) is 66.0 cm³/mol. The van der Waals surface area contributed by atoms with Gasteiger partial charge in [0.1, 0.15) is 0 Å². The zero-order valence-electron chi connectivity index (χ0n) is 10.9. The van der Waals surface area contributed by atoms with E-state index in [1.165, 1.54) is 7.11 Å². The molecular weight excluding hydrogens is 236 g/mol. The van der Waals surface area contributed by atoms with E-state index in [-0.39, 0.29) is 31.0 Å². The van der Waals surface area contributed by atoms with Crippen molar-refractivity contribution in [2.75, 3.05) is 13.7 Å². The Morgan fingerprint density at radius 2 is 2.28 bits per heavy atom. The van der Waals surface area contributed by atoms with E-state index in [0.29, 0.717) is 12.8 Å². The molecule has 1 aliphatic rings. The summed E-state index contributed by atoms with van der Waals surface area (Å²) in [4.78, 5) is 23.1. The van der Waals surface area contributed by atoms with E-state index in [1.54, 1.807) is 6.92 Å². The Hall–Kier alpha value is -1.14. The maximum Gasteiger partial charge on any atom is 0.311 e. The first-order chi connectivity index (χ1) is 8.43. The first kappa shape index (κ1) is 14.9. The summed E-state index contributed by atoms with van der Waals surface area (Å²) in [5.74, 6) is -1.06. The van der Waals surface area contributed by atoms with Crippen molar-refractivity contribution in [1.82, 2.24) is 5.32 Å².